The highest BCUT2D eigenvalue weighted by Gasteiger charge is 2.27. The molecule has 0 bridgehead atoms. The third-order valence-corrected chi connectivity index (χ3v) is 5.37. The maximum atomic E-state index is 13.5. The van der Waals surface area contributed by atoms with Gasteiger partial charge in [0.15, 0.2) is 0 Å². The summed E-state index contributed by atoms with van der Waals surface area (Å²) < 4.78 is 13.5. The molecular weight excluding hydrogens is 299 g/mol. The molecule has 0 fully saturated rings. The van der Waals surface area contributed by atoms with E-state index in [0.717, 1.165) is 29.7 Å². The second kappa shape index (κ2) is 6.16. The van der Waals surface area contributed by atoms with Crippen LogP contribution in [0.4, 0.5) is 4.39 Å². The zero-order chi connectivity index (χ0) is 15.7. The number of thiazole rings is 1. The summed E-state index contributed by atoms with van der Waals surface area (Å²) in [7, 11) is 0. The minimum Gasteiger partial charge on any atom is -0.336 e. The van der Waals surface area contributed by atoms with Gasteiger partial charge in [-0.1, -0.05) is 6.07 Å². The number of carbonyl (C=O) groups excluding carboxylic acids is 1. The van der Waals surface area contributed by atoms with Crippen molar-refractivity contribution in [1.29, 1.82) is 0 Å². The van der Waals surface area contributed by atoms with Crippen molar-refractivity contribution in [3.05, 3.63) is 51.2 Å². The standard InChI is InChI=1S/C17H19FN2OS/c1-11-16(22-10-19-11)5-6-17(21)20-8-7-13-3-4-14(18)9-15(13)12(20)2/h3-4,9-10,12H,5-8H2,1-2H3/t12-/m1/s1. The third kappa shape index (κ3) is 2.90. The van der Waals surface area contributed by atoms with Crippen LogP contribution in [0, 0.1) is 12.7 Å². The molecule has 0 spiro atoms. The maximum absolute atomic E-state index is 13.5. The molecule has 0 aliphatic carbocycles. The first-order valence-electron chi connectivity index (χ1n) is 7.53. The molecule has 0 unspecified atom stereocenters. The smallest absolute Gasteiger partial charge is 0.223 e. The van der Waals surface area contributed by atoms with Gasteiger partial charge in [0.1, 0.15) is 5.82 Å². The Hall–Kier alpha value is -1.75. The fourth-order valence-electron chi connectivity index (χ4n) is 3.06. The topological polar surface area (TPSA) is 33.2 Å². The van der Waals surface area contributed by atoms with E-state index in [2.05, 4.69) is 4.98 Å². The van der Waals surface area contributed by atoms with Gasteiger partial charge in [0.2, 0.25) is 5.91 Å². The van der Waals surface area contributed by atoms with Crippen molar-refractivity contribution in [1.82, 2.24) is 9.88 Å². The van der Waals surface area contributed by atoms with Gasteiger partial charge < -0.3 is 4.90 Å². The van der Waals surface area contributed by atoms with Crippen LogP contribution < -0.4 is 0 Å². The highest BCUT2D eigenvalue weighted by molar-refractivity contribution is 7.09. The van der Waals surface area contributed by atoms with Crippen LogP contribution in [-0.4, -0.2) is 22.3 Å². The number of amides is 1. The highest BCUT2D eigenvalue weighted by Crippen LogP contribution is 2.30. The minimum absolute atomic E-state index is 0.0606. The predicted octanol–water partition coefficient (Wildman–Crippen LogP) is 3.67. The van der Waals surface area contributed by atoms with Crippen LogP contribution in [0.2, 0.25) is 0 Å². The van der Waals surface area contributed by atoms with E-state index in [9.17, 15) is 9.18 Å². The Labute approximate surface area is 133 Å². The number of fused-ring (bicyclic) bond motifs is 1. The average molecular weight is 318 g/mol. The fraction of sp³-hybridized carbons (Fsp3) is 0.412. The van der Waals surface area contributed by atoms with E-state index in [1.165, 1.54) is 10.9 Å². The van der Waals surface area contributed by atoms with Gasteiger partial charge >= 0.3 is 0 Å². The summed E-state index contributed by atoms with van der Waals surface area (Å²) in [6.45, 7) is 4.66. The Kier molecular flexibility index (Phi) is 4.25. The van der Waals surface area contributed by atoms with Gasteiger partial charge in [0.05, 0.1) is 17.2 Å². The molecule has 1 aromatic carbocycles. The predicted molar refractivity (Wildman–Crippen MR) is 85.4 cm³/mol. The van der Waals surface area contributed by atoms with Gasteiger partial charge in [-0.05, 0) is 49.9 Å². The molecule has 2 aromatic rings. The number of halogens is 1. The molecule has 1 aliphatic heterocycles. The number of hydrogen-bond donors (Lipinski definition) is 0. The van der Waals surface area contributed by atoms with E-state index >= 15 is 0 Å². The summed E-state index contributed by atoms with van der Waals surface area (Å²) >= 11 is 1.60. The molecule has 1 amide bonds. The largest absolute Gasteiger partial charge is 0.336 e. The molecule has 3 nitrogen and oxygen atoms in total. The molecule has 1 aliphatic rings. The van der Waals surface area contributed by atoms with Crippen molar-refractivity contribution >= 4 is 17.2 Å². The summed E-state index contributed by atoms with van der Waals surface area (Å²) in [6.07, 6.45) is 2.01. The number of carbonyl (C=O) groups is 1. The van der Waals surface area contributed by atoms with Gasteiger partial charge in [-0.15, -0.1) is 11.3 Å². The molecular formula is C17H19FN2OS. The Balaban J connectivity index is 1.70. The van der Waals surface area contributed by atoms with Crippen LogP contribution in [0.1, 0.15) is 41.1 Å². The van der Waals surface area contributed by atoms with Crippen LogP contribution in [0.25, 0.3) is 0 Å². The lowest BCUT2D eigenvalue weighted by atomic mass is 9.93. The summed E-state index contributed by atoms with van der Waals surface area (Å²) in [5.41, 5.74) is 4.92. The van der Waals surface area contributed by atoms with E-state index in [1.54, 1.807) is 17.4 Å². The van der Waals surface area contributed by atoms with Crippen molar-refractivity contribution < 1.29 is 9.18 Å². The minimum atomic E-state index is -0.236. The van der Waals surface area contributed by atoms with Gasteiger partial charge in [-0.2, -0.15) is 0 Å². The molecule has 1 atom stereocenters. The molecule has 0 N–H and O–H groups in total. The van der Waals surface area contributed by atoms with Crippen LogP contribution in [0.3, 0.4) is 0 Å². The first-order chi connectivity index (χ1) is 10.6. The molecule has 116 valence electrons. The fourth-order valence-corrected chi connectivity index (χ4v) is 3.84. The van der Waals surface area contributed by atoms with E-state index in [0.29, 0.717) is 13.0 Å². The summed E-state index contributed by atoms with van der Waals surface area (Å²) in [4.78, 5) is 19.8. The lowest BCUT2D eigenvalue weighted by molar-refractivity contribution is -0.133. The normalized spacial score (nSPS) is 17.4. The van der Waals surface area contributed by atoms with Crippen molar-refractivity contribution in [2.75, 3.05) is 6.54 Å². The van der Waals surface area contributed by atoms with Gasteiger partial charge in [-0.25, -0.2) is 9.37 Å². The van der Waals surface area contributed by atoms with E-state index in [4.69, 9.17) is 0 Å². The number of aryl methyl sites for hydroxylation is 2. The van der Waals surface area contributed by atoms with Crippen LogP contribution in [0.5, 0.6) is 0 Å². The third-order valence-electron chi connectivity index (χ3n) is 4.38. The van der Waals surface area contributed by atoms with Crippen molar-refractivity contribution in [3.8, 4) is 0 Å². The van der Waals surface area contributed by atoms with Gasteiger partial charge in [0.25, 0.3) is 0 Å². The van der Waals surface area contributed by atoms with Crippen LogP contribution >= 0.6 is 11.3 Å². The lowest BCUT2D eigenvalue weighted by Crippen LogP contribution is -2.39. The van der Waals surface area contributed by atoms with Gasteiger partial charge in [0, 0.05) is 17.8 Å². The first-order valence-corrected chi connectivity index (χ1v) is 8.41. The molecule has 0 saturated carbocycles. The first kappa shape index (κ1) is 15.2. The molecule has 5 heteroatoms. The number of benzene rings is 1. The highest BCUT2D eigenvalue weighted by atomic mass is 32.1. The lowest BCUT2D eigenvalue weighted by Gasteiger charge is -2.35. The molecule has 0 saturated heterocycles. The number of rotatable bonds is 3. The van der Waals surface area contributed by atoms with Crippen molar-refractivity contribution in [3.63, 3.8) is 0 Å². The monoisotopic (exact) mass is 318 g/mol. The second-order valence-electron chi connectivity index (χ2n) is 5.72. The Bertz CT molecular complexity index is 698. The molecule has 0 radical (unpaired) electrons. The van der Waals surface area contributed by atoms with Crippen LogP contribution in [0.15, 0.2) is 23.7 Å². The maximum Gasteiger partial charge on any atom is 0.223 e. The Morgan fingerprint density at radius 3 is 3.05 bits per heavy atom. The molecule has 1 aromatic heterocycles. The zero-order valence-corrected chi connectivity index (χ0v) is 13.6. The molecule has 2 heterocycles. The number of nitrogens with zero attached hydrogens (tertiary/aromatic N) is 2. The van der Waals surface area contributed by atoms with Crippen molar-refractivity contribution in [2.45, 2.75) is 39.2 Å². The van der Waals surface area contributed by atoms with E-state index in [1.807, 2.05) is 30.3 Å². The summed E-state index contributed by atoms with van der Waals surface area (Å²) in [5, 5.41) is 0. The van der Waals surface area contributed by atoms with Crippen LogP contribution in [-0.2, 0) is 17.6 Å². The zero-order valence-electron chi connectivity index (χ0n) is 12.8. The second-order valence-corrected chi connectivity index (χ2v) is 6.66. The Morgan fingerprint density at radius 1 is 1.50 bits per heavy atom. The summed E-state index contributed by atoms with van der Waals surface area (Å²) in [5.74, 6) is -0.101. The quantitative estimate of drug-likeness (QED) is 0.865. The molecule has 3 rings (SSSR count). The number of aromatic nitrogens is 1. The average Bonchev–Trinajstić information content (AvgIpc) is 2.91. The number of hydrogen-bond acceptors (Lipinski definition) is 3. The Morgan fingerprint density at radius 2 is 2.32 bits per heavy atom. The van der Waals surface area contributed by atoms with Crippen molar-refractivity contribution in [2.24, 2.45) is 0 Å². The van der Waals surface area contributed by atoms with Gasteiger partial charge in [-0.3, -0.25) is 4.79 Å². The van der Waals surface area contributed by atoms with E-state index < -0.39 is 0 Å². The summed E-state index contributed by atoms with van der Waals surface area (Å²) in [6, 6.07) is 4.83. The molecule has 22 heavy (non-hydrogen) atoms. The van der Waals surface area contributed by atoms with E-state index in [-0.39, 0.29) is 17.8 Å². The SMILES string of the molecule is Cc1ncsc1CCC(=O)N1CCc2ccc(F)cc2[C@H]1C.